The van der Waals surface area contributed by atoms with Crippen LogP contribution in [0.15, 0.2) is 18.2 Å². The molecule has 0 aromatic heterocycles. The van der Waals surface area contributed by atoms with Crippen LogP contribution in [0.5, 0.6) is 5.75 Å². The van der Waals surface area contributed by atoms with Crippen molar-refractivity contribution in [3.63, 3.8) is 0 Å². The molecule has 0 atom stereocenters. The molecule has 0 radical (unpaired) electrons. The number of hydrogen-bond acceptors (Lipinski definition) is 5. The zero-order valence-corrected chi connectivity index (χ0v) is 12.4. The van der Waals surface area contributed by atoms with Gasteiger partial charge in [0, 0.05) is 5.56 Å². The van der Waals surface area contributed by atoms with Crippen molar-refractivity contribution < 1.29 is 23.8 Å². The molecule has 5 heteroatoms. The SMILES string of the molecule is CCOC(=O)C(C(=O)OCC)c1cccc2c1OCCC2. The summed E-state index contributed by atoms with van der Waals surface area (Å²) in [7, 11) is 0. The summed E-state index contributed by atoms with van der Waals surface area (Å²) in [6.45, 7) is 4.42. The first-order valence-corrected chi connectivity index (χ1v) is 7.26. The summed E-state index contributed by atoms with van der Waals surface area (Å²) in [5.41, 5.74) is 1.54. The normalized spacial score (nSPS) is 13.3. The van der Waals surface area contributed by atoms with Gasteiger partial charge in [-0.3, -0.25) is 9.59 Å². The molecule has 5 nitrogen and oxygen atoms in total. The lowest BCUT2D eigenvalue weighted by Gasteiger charge is -2.23. The summed E-state index contributed by atoms with van der Waals surface area (Å²) in [5.74, 6) is -1.66. The smallest absolute Gasteiger partial charge is 0.325 e. The molecule has 1 aromatic carbocycles. The van der Waals surface area contributed by atoms with E-state index in [2.05, 4.69) is 0 Å². The van der Waals surface area contributed by atoms with Crippen LogP contribution in [-0.4, -0.2) is 31.8 Å². The van der Waals surface area contributed by atoms with Crippen molar-refractivity contribution in [1.29, 1.82) is 0 Å². The lowest BCUT2D eigenvalue weighted by Crippen LogP contribution is -2.27. The van der Waals surface area contributed by atoms with Crippen molar-refractivity contribution in [2.24, 2.45) is 0 Å². The van der Waals surface area contributed by atoms with Crippen molar-refractivity contribution in [3.05, 3.63) is 29.3 Å². The van der Waals surface area contributed by atoms with Gasteiger partial charge < -0.3 is 14.2 Å². The number of carbonyl (C=O) groups excluding carboxylic acids is 2. The molecule has 21 heavy (non-hydrogen) atoms. The van der Waals surface area contributed by atoms with Crippen LogP contribution in [0.2, 0.25) is 0 Å². The Morgan fingerprint density at radius 1 is 1.19 bits per heavy atom. The maximum atomic E-state index is 12.2. The molecule has 0 amide bonds. The number of rotatable bonds is 5. The molecule has 1 aromatic rings. The third-order valence-corrected chi connectivity index (χ3v) is 3.32. The molecule has 1 aliphatic heterocycles. The molecule has 0 bridgehead atoms. The Hall–Kier alpha value is -2.04. The van der Waals surface area contributed by atoms with Crippen LogP contribution in [0.3, 0.4) is 0 Å². The highest BCUT2D eigenvalue weighted by molar-refractivity contribution is 6.01. The zero-order valence-electron chi connectivity index (χ0n) is 12.4. The van der Waals surface area contributed by atoms with E-state index in [0.29, 0.717) is 17.9 Å². The van der Waals surface area contributed by atoms with E-state index >= 15 is 0 Å². The number of fused-ring (bicyclic) bond motifs is 1. The average Bonchev–Trinajstić information content (AvgIpc) is 2.48. The van der Waals surface area contributed by atoms with E-state index in [-0.39, 0.29) is 13.2 Å². The number of esters is 2. The first-order valence-electron chi connectivity index (χ1n) is 7.26. The van der Waals surface area contributed by atoms with Gasteiger partial charge in [0.2, 0.25) is 0 Å². The Balaban J connectivity index is 2.41. The van der Waals surface area contributed by atoms with Gasteiger partial charge in [0.05, 0.1) is 19.8 Å². The molecule has 0 saturated heterocycles. The maximum absolute atomic E-state index is 12.2. The van der Waals surface area contributed by atoms with Crippen molar-refractivity contribution in [1.82, 2.24) is 0 Å². The first kappa shape index (κ1) is 15.4. The molecule has 1 heterocycles. The largest absolute Gasteiger partial charge is 0.493 e. The molecule has 0 N–H and O–H groups in total. The number of benzene rings is 1. The van der Waals surface area contributed by atoms with E-state index in [0.717, 1.165) is 18.4 Å². The van der Waals surface area contributed by atoms with Gasteiger partial charge in [0.15, 0.2) is 5.92 Å². The van der Waals surface area contributed by atoms with Crippen LogP contribution in [0.1, 0.15) is 37.3 Å². The number of para-hydroxylation sites is 1. The monoisotopic (exact) mass is 292 g/mol. The van der Waals surface area contributed by atoms with Crippen LogP contribution < -0.4 is 4.74 Å². The summed E-state index contributed by atoms with van der Waals surface area (Å²) in [4.78, 5) is 24.3. The van der Waals surface area contributed by atoms with Gasteiger partial charge in [0.25, 0.3) is 0 Å². The third kappa shape index (κ3) is 3.35. The van der Waals surface area contributed by atoms with Gasteiger partial charge in [-0.25, -0.2) is 0 Å². The fourth-order valence-electron chi connectivity index (χ4n) is 2.44. The summed E-state index contributed by atoms with van der Waals surface area (Å²) in [5, 5.41) is 0. The lowest BCUT2D eigenvalue weighted by atomic mass is 9.93. The van der Waals surface area contributed by atoms with Crippen molar-refractivity contribution in [2.45, 2.75) is 32.6 Å². The molecule has 1 aliphatic rings. The van der Waals surface area contributed by atoms with E-state index in [4.69, 9.17) is 14.2 Å². The lowest BCUT2D eigenvalue weighted by molar-refractivity contribution is -0.157. The number of aryl methyl sites for hydroxylation is 1. The third-order valence-electron chi connectivity index (χ3n) is 3.32. The molecule has 0 spiro atoms. The van der Waals surface area contributed by atoms with Crippen LogP contribution in [-0.2, 0) is 25.5 Å². The van der Waals surface area contributed by atoms with Crippen molar-refractivity contribution in [3.8, 4) is 5.75 Å². The highest BCUT2D eigenvalue weighted by Gasteiger charge is 2.35. The number of hydrogen-bond donors (Lipinski definition) is 0. The van der Waals surface area contributed by atoms with E-state index in [1.165, 1.54) is 0 Å². The van der Waals surface area contributed by atoms with Gasteiger partial charge in [0.1, 0.15) is 5.75 Å². The minimum absolute atomic E-state index is 0.213. The van der Waals surface area contributed by atoms with Gasteiger partial charge in [-0.05, 0) is 32.3 Å². The summed E-state index contributed by atoms with van der Waals surface area (Å²) in [6.07, 6.45) is 1.81. The maximum Gasteiger partial charge on any atom is 0.325 e. The summed E-state index contributed by atoms with van der Waals surface area (Å²) >= 11 is 0. The van der Waals surface area contributed by atoms with Gasteiger partial charge in [-0.1, -0.05) is 18.2 Å². The summed E-state index contributed by atoms with van der Waals surface area (Å²) < 4.78 is 15.7. The van der Waals surface area contributed by atoms with Crippen molar-refractivity contribution in [2.75, 3.05) is 19.8 Å². The Bertz CT molecular complexity index is 505. The fourth-order valence-corrected chi connectivity index (χ4v) is 2.44. The molecule has 0 unspecified atom stereocenters. The Labute approximate surface area is 124 Å². The van der Waals surface area contributed by atoms with Gasteiger partial charge in [-0.2, -0.15) is 0 Å². The highest BCUT2D eigenvalue weighted by atomic mass is 16.6. The second kappa shape index (κ2) is 7.11. The Morgan fingerprint density at radius 2 is 1.86 bits per heavy atom. The quantitative estimate of drug-likeness (QED) is 0.615. The van der Waals surface area contributed by atoms with E-state index in [9.17, 15) is 9.59 Å². The van der Waals surface area contributed by atoms with Gasteiger partial charge in [-0.15, -0.1) is 0 Å². The zero-order chi connectivity index (χ0) is 15.2. The van der Waals surface area contributed by atoms with Crippen LogP contribution in [0, 0.1) is 0 Å². The van der Waals surface area contributed by atoms with Crippen LogP contribution >= 0.6 is 0 Å². The number of ether oxygens (including phenoxy) is 3. The minimum atomic E-state index is -1.09. The topological polar surface area (TPSA) is 61.8 Å². The Kier molecular flexibility index (Phi) is 5.20. The fraction of sp³-hybridized carbons (Fsp3) is 0.500. The Morgan fingerprint density at radius 3 is 2.48 bits per heavy atom. The molecule has 0 saturated carbocycles. The standard InChI is InChI=1S/C16H20O5/c1-3-19-15(17)13(16(18)20-4-2)12-9-5-7-11-8-6-10-21-14(11)12/h5,7,9,13H,3-4,6,8,10H2,1-2H3. The van der Waals surface area contributed by atoms with E-state index in [1.54, 1.807) is 19.9 Å². The number of carbonyl (C=O) groups is 2. The summed E-state index contributed by atoms with van der Waals surface area (Å²) in [6, 6.07) is 5.50. The van der Waals surface area contributed by atoms with E-state index in [1.807, 2.05) is 12.1 Å². The van der Waals surface area contributed by atoms with Crippen molar-refractivity contribution >= 4 is 11.9 Å². The predicted octanol–water partition coefficient (Wildman–Crippen LogP) is 2.22. The molecular weight excluding hydrogens is 272 g/mol. The molecule has 2 rings (SSSR count). The second-order valence-corrected chi connectivity index (χ2v) is 4.72. The van der Waals surface area contributed by atoms with Gasteiger partial charge >= 0.3 is 11.9 Å². The first-order chi connectivity index (χ1) is 10.2. The molecule has 0 aliphatic carbocycles. The highest BCUT2D eigenvalue weighted by Crippen LogP contribution is 2.35. The predicted molar refractivity (Wildman–Crippen MR) is 76.3 cm³/mol. The van der Waals surface area contributed by atoms with Crippen LogP contribution in [0.25, 0.3) is 0 Å². The molecule has 114 valence electrons. The molecular formula is C16H20O5. The molecule has 0 fully saturated rings. The van der Waals surface area contributed by atoms with E-state index < -0.39 is 17.9 Å². The average molecular weight is 292 g/mol. The van der Waals surface area contributed by atoms with Crippen LogP contribution in [0.4, 0.5) is 0 Å². The second-order valence-electron chi connectivity index (χ2n) is 4.72. The minimum Gasteiger partial charge on any atom is -0.493 e.